The number of fused-ring (bicyclic) bond motifs is 1. The lowest BCUT2D eigenvalue weighted by Crippen LogP contribution is -2.30. The lowest BCUT2D eigenvalue weighted by Gasteiger charge is -2.18. The summed E-state index contributed by atoms with van der Waals surface area (Å²) in [6.07, 6.45) is 3.90. The molecular formula is C25H25N3O3. The summed E-state index contributed by atoms with van der Waals surface area (Å²) in [6.45, 7) is 3.33. The van der Waals surface area contributed by atoms with E-state index >= 15 is 0 Å². The van der Waals surface area contributed by atoms with Crippen molar-refractivity contribution >= 4 is 11.6 Å². The second-order valence-electron chi connectivity index (χ2n) is 7.40. The third-order valence-corrected chi connectivity index (χ3v) is 4.96. The quantitative estimate of drug-likeness (QED) is 0.429. The van der Waals surface area contributed by atoms with Crippen molar-refractivity contribution < 1.29 is 14.3 Å². The molecule has 0 spiro atoms. The number of pyridine rings is 1. The van der Waals surface area contributed by atoms with Crippen molar-refractivity contribution in [1.29, 1.82) is 0 Å². The molecule has 6 nitrogen and oxygen atoms in total. The minimum Gasteiger partial charge on any atom is -0.492 e. The molecule has 2 heterocycles. The van der Waals surface area contributed by atoms with Crippen molar-refractivity contribution in [2.24, 2.45) is 0 Å². The van der Waals surface area contributed by atoms with Crippen LogP contribution in [0.3, 0.4) is 0 Å². The fourth-order valence-corrected chi connectivity index (χ4v) is 3.16. The lowest BCUT2D eigenvalue weighted by molar-refractivity contribution is 0.0773. The number of rotatable bonds is 8. The Morgan fingerprint density at radius 3 is 2.42 bits per heavy atom. The molecule has 0 unspecified atom stereocenters. The third kappa shape index (κ3) is 5.22. The maximum atomic E-state index is 12.6. The number of nitrogens with zero attached hydrogens (tertiary/aromatic N) is 3. The summed E-state index contributed by atoms with van der Waals surface area (Å²) in [5.74, 6) is 1.44. The zero-order valence-electron chi connectivity index (χ0n) is 17.7. The van der Waals surface area contributed by atoms with Gasteiger partial charge in [-0.3, -0.25) is 4.79 Å². The molecule has 0 atom stereocenters. The Balaban J connectivity index is 1.27. The van der Waals surface area contributed by atoms with E-state index in [9.17, 15) is 4.79 Å². The highest BCUT2D eigenvalue weighted by molar-refractivity contribution is 5.94. The molecule has 158 valence electrons. The molecule has 1 amide bonds. The predicted octanol–water partition coefficient (Wildman–Crippen LogP) is 4.37. The van der Waals surface area contributed by atoms with E-state index in [0.29, 0.717) is 31.1 Å². The zero-order chi connectivity index (χ0) is 21.6. The first-order chi connectivity index (χ1) is 15.1. The predicted molar refractivity (Wildman–Crippen MR) is 120 cm³/mol. The van der Waals surface area contributed by atoms with E-state index in [0.717, 1.165) is 17.1 Å². The molecule has 0 fully saturated rings. The number of amides is 1. The van der Waals surface area contributed by atoms with Gasteiger partial charge in [-0.15, -0.1) is 0 Å². The first-order valence-electron chi connectivity index (χ1n) is 10.2. The second kappa shape index (κ2) is 9.34. The van der Waals surface area contributed by atoms with Gasteiger partial charge in [-0.2, -0.15) is 0 Å². The van der Waals surface area contributed by atoms with Crippen LogP contribution in [0, 0.1) is 6.92 Å². The van der Waals surface area contributed by atoms with Crippen molar-refractivity contribution in [3.63, 3.8) is 0 Å². The van der Waals surface area contributed by atoms with Crippen molar-refractivity contribution in [2.45, 2.75) is 13.5 Å². The molecule has 4 aromatic rings. The van der Waals surface area contributed by atoms with Crippen molar-refractivity contribution in [1.82, 2.24) is 14.3 Å². The van der Waals surface area contributed by atoms with Crippen LogP contribution in [-0.2, 0) is 6.61 Å². The molecule has 2 aromatic heterocycles. The fraction of sp³-hybridized carbons (Fsp3) is 0.200. The number of carbonyl (C=O) groups is 1. The van der Waals surface area contributed by atoms with Gasteiger partial charge in [-0.05, 0) is 55.5 Å². The molecule has 2 aromatic carbocycles. The molecule has 0 aliphatic heterocycles. The normalized spacial score (nSPS) is 10.8. The molecule has 31 heavy (non-hydrogen) atoms. The highest BCUT2D eigenvalue weighted by atomic mass is 16.5. The Hall–Kier alpha value is -3.80. The number of hydrogen-bond donors (Lipinski definition) is 0. The second-order valence-corrected chi connectivity index (χ2v) is 7.40. The maximum absolute atomic E-state index is 12.6. The van der Waals surface area contributed by atoms with Gasteiger partial charge in [0.1, 0.15) is 30.4 Å². The average Bonchev–Trinajstić information content (AvgIpc) is 3.22. The largest absolute Gasteiger partial charge is 0.492 e. The minimum atomic E-state index is -0.0561. The summed E-state index contributed by atoms with van der Waals surface area (Å²) in [5.41, 5.74) is 3.53. The van der Waals surface area contributed by atoms with Crippen molar-refractivity contribution in [2.75, 3.05) is 20.2 Å². The van der Waals surface area contributed by atoms with Gasteiger partial charge in [0, 0.05) is 25.0 Å². The molecule has 0 aliphatic rings. The van der Waals surface area contributed by atoms with Gasteiger partial charge in [-0.25, -0.2) is 4.98 Å². The summed E-state index contributed by atoms with van der Waals surface area (Å²) in [5, 5.41) is 0. The number of aryl methyl sites for hydroxylation is 1. The van der Waals surface area contributed by atoms with E-state index in [1.54, 1.807) is 36.2 Å². The molecule has 0 saturated heterocycles. The van der Waals surface area contributed by atoms with Crippen LogP contribution in [0.5, 0.6) is 11.5 Å². The first kappa shape index (κ1) is 20.5. The number of imidazole rings is 1. The van der Waals surface area contributed by atoms with Gasteiger partial charge in [0.05, 0.1) is 12.2 Å². The first-order valence-corrected chi connectivity index (χ1v) is 10.2. The Morgan fingerprint density at radius 1 is 0.968 bits per heavy atom. The molecule has 6 heteroatoms. The van der Waals surface area contributed by atoms with E-state index in [2.05, 4.69) is 4.98 Å². The highest BCUT2D eigenvalue weighted by Crippen LogP contribution is 2.16. The van der Waals surface area contributed by atoms with Crippen LogP contribution in [0.15, 0.2) is 79.1 Å². The topological polar surface area (TPSA) is 56.1 Å². The van der Waals surface area contributed by atoms with Crippen LogP contribution in [0.4, 0.5) is 0 Å². The molecule has 0 bridgehead atoms. The Labute approximate surface area is 181 Å². The standard InChI is InChI=1S/C25H25N3O3/c1-19-6-10-22(11-7-19)30-16-15-27(2)25(29)20-8-12-23(13-9-20)31-18-21-17-28-14-4-3-5-24(28)26-21/h3-14,17H,15-16,18H2,1-2H3. The summed E-state index contributed by atoms with van der Waals surface area (Å²) in [7, 11) is 1.77. The number of hydrogen-bond acceptors (Lipinski definition) is 4. The van der Waals surface area contributed by atoms with E-state index in [-0.39, 0.29) is 5.91 Å². The van der Waals surface area contributed by atoms with E-state index in [4.69, 9.17) is 9.47 Å². The molecule has 0 N–H and O–H groups in total. The van der Waals surface area contributed by atoms with E-state index in [1.807, 2.05) is 66.2 Å². The third-order valence-electron chi connectivity index (χ3n) is 4.96. The van der Waals surface area contributed by atoms with Crippen LogP contribution < -0.4 is 9.47 Å². The molecule has 4 rings (SSSR count). The van der Waals surface area contributed by atoms with Crippen LogP contribution >= 0.6 is 0 Å². The number of aromatic nitrogens is 2. The van der Waals surface area contributed by atoms with Crippen LogP contribution in [0.25, 0.3) is 5.65 Å². The number of ether oxygens (including phenoxy) is 2. The summed E-state index contributed by atoms with van der Waals surface area (Å²) in [4.78, 5) is 18.8. The van der Waals surface area contributed by atoms with Crippen LogP contribution in [0.1, 0.15) is 21.6 Å². The van der Waals surface area contributed by atoms with Crippen molar-refractivity contribution in [3.8, 4) is 11.5 Å². The minimum absolute atomic E-state index is 0.0561. The fourth-order valence-electron chi connectivity index (χ4n) is 3.16. The summed E-state index contributed by atoms with van der Waals surface area (Å²) in [6, 6.07) is 20.9. The lowest BCUT2D eigenvalue weighted by atomic mass is 10.2. The Morgan fingerprint density at radius 2 is 1.68 bits per heavy atom. The maximum Gasteiger partial charge on any atom is 0.253 e. The summed E-state index contributed by atoms with van der Waals surface area (Å²) < 4.78 is 13.5. The molecule has 0 radical (unpaired) electrons. The monoisotopic (exact) mass is 415 g/mol. The number of carbonyl (C=O) groups excluding carboxylic acids is 1. The Bertz CT molecular complexity index is 1120. The zero-order valence-corrected chi connectivity index (χ0v) is 17.7. The van der Waals surface area contributed by atoms with Gasteiger partial charge in [0.15, 0.2) is 0 Å². The number of likely N-dealkylation sites (N-methyl/N-ethyl adjacent to an activating group) is 1. The molecule has 0 saturated carbocycles. The van der Waals surface area contributed by atoms with Gasteiger partial charge in [0.2, 0.25) is 0 Å². The average molecular weight is 415 g/mol. The van der Waals surface area contributed by atoms with E-state index < -0.39 is 0 Å². The van der Waals surface area contributed by atoms with E-state index in [1.165, 1.54) is 5.56 Å². The number of benzene rings is 2. The highest BCUT2D eigenvalue weighted by Gasteiger charge is 2.12. The summed E-state index contributed by atoms with van der Waals surface area (Å²) >= 11 is 0. The molecule has 0 aliphatic carbocycles. The van der Waals surface area contributed by atoms with Crippen LogP contribution in [0.2, 0.25) is 0 Å². The van der Waals surface area contributed by atoms with Crippen LogP contribution in [-0.4, -0.2) is 40.4 Å². The van der Waals surface area contributed by atoms with Gasteiger partial charge < -0.3 is 18.8 Å². The van der Waals surface area contributed by atoms with Gasteiger partial charge >= 0.3 is 0 Å². The SMILES string of the molecule is Cc1ccc(OCCN(C)C(=O)c2ccc(OCc3cn4ccccc4n3)cc2)cc1. The molecular weight excluding hydrogens is 390 g/mol. The Kier molecular flexibility index (Phi) is 6.17. The van der Waals surface area contributed by atoms with Gasteiger partial charge in [0.25, 0.3) is 5.91 Å². The van der Waals surface area contributed by atoms with Gasteiger partial charge in [-0.1, -0.05) is 23.8 Å². The van der Waals surface area contributed by atoms with Crippen molar-refractivity contribution in [3.05, 3.63) is 95.9 Å². The smallest absolute Gasteiger partial charge is 0.253 e.